The molecule has 1 N–H and O–H groups in total. The number of halogens is 4. The van der Waals surface area contributed by atoms with Crippen molar-refractivity contribution in [2.75, 3.05) is 19.6 Å². The van der Waals surface area contributed by atoms with E-state index in [1.807, 2.05) is 0 Å². The number of hydrogen-bond donors (Lipinski definition) is 1. The van der Waals surface area contributed by atoms with E-state index < -0.39 is 30.7 Å². The lowest BCUT2D eigenvalue weighted by atomic mass is 9.89. The maximum Gasteiger partial charge on any atom is 0.262 e. The molecule has 2 fully saturated rings. The molecule has 138 valence electrons. The van der Waals surface area contributed by atoms with E-state index in [1.165, 1.54) is 29.2 Å². The zero-order valence-corrected chi connectivity index (χ0v) is 14.3. The molecule has 0 aliphatic carbocycles. The number of ketones is 1. The Morgan fingerprint density at radius 3 is 2.48 bits per heavy atom. The highest BCUT2D eigenvalue weighted by molar-refractivity contribution is 5.98. The molecule has 1 aromatic carbocycles. The number of piperidine rings is 1. The zero-order chi connectivity index (χ0) is 17.3. The smallest absolute Gasteiger partial charge is 0.262 e. The van der Waals surface area contributed by atoms with Gasteiger partial charge in [-0.05, 0) is 37.1 Å². The van der Waals surface area contributed by atoms with Crippen LogP contribution < -0.4 is 5.32 Å². The molecule has 0 aromatic heterocycles. The fraction of sp³-hybridized carbons (Fsp3) is 0.529. The number of likely N-dealkylation sites (tertiary alicyclic amines) is 1. The molecule has 2 saturated heterocycles. The van der Waals surface area contributed by atoms with Crippen molar-refractivity contribution in [3.05, 3.63) is 35.6 Å². The molecule has 2 heterocycles. The summed E-state index contributed by atoms with van der Waals surface area (Å²) in [6.07, 6.45) is 0.777. The topological polar surface area (TPSA) is 49.4 Å². The van der Waals surface area contributed by atoms with Crippen LogP contribution in [-0.2, 0) is 4.79 Å². The van der Waals surface area contributed by atoms with Crippen molar-refractivity contribution in [3.63, 3.8) is 0 Å². The maximum absolute atomic E-state index is 13.3. The van der Waals surface area contributed by atoms with Gasteiger partial charge in [-0.3, -0.25) is 14.9 Å². The molecule has 2 unspecified atom stereocenters. The Morgan fingerprint density at radius 1 is 1.20 bits per heavy atom. The lowest BCUT2D eigenvalue weighted by molar-refractivity contribution is -0.135. The van der Waals surface area contributed by atoms with E-state index in [0.29, 0.717) is 24.9 Å². The molecule has 3 rings (SSSR count). The third-order valence-corrected chi connectivity index (χ3v) is 4.64. The van der Waals surface area contributed by atoms with Gasteiger partial charge in [0.05, 0.1) is 12.6 Å². The van der Waals surface area contributed by atoms with Crippen LogP contribution in [-0.4, -0.2) is 48.2 Å². The molecule has 0 spiro atoms. The number of carbonyl (C=O) groups is 2. The van der Waals surface area contributed by atoms with Crippen molar-refractivity contribution < 1.29 is 22.8 Å². The van der Waals surface area contributed by atoms with E-state index in [9.17, 15) is 22.8 Å². The largest absolute Gasteiger partial charge is 0.341 e. The van der Waals surface area contributed by atoms with Crippen LogP contribution in [0.5, 0.6) is 0 Å². The minimum absolute atomic E-state index is 0. The number of alkyl halides is 2. The number of nitrogens with one attached hydrogen (secondary N) is 1. The standard InChI is InChI=1S/C17H19F3N2O2.ClH/c18-13-5-3-11(4-6-13)15(23)12-2-1-7-22(9-12)16(24)14-8-17(19,20)10-21-14;/h3-6,12,14,21H,1-2,7-10H2;1H. The van der Waals surface area contributed by atoms with Crippen LogP contribution in [0.3, 0.4) is 0 Å². The Hall–Kier alpha value is -1.60. The minimum atomic E-state index is -2.86. The van der Waals surface area contributed by atoms with E-state index >= 15 is 0 Å². The first-order valence-corrected chi connectivity index (χ1v) is 8.05. The molecule has 25 heavy (non-hydrogen) atoms. The first-order chi connectivity index (χ1) is 11.4. The van der Waals surface area contributed by atoms with E-state index in [2.05, 4.69) is 5.32 Å². The second kappa shape index (κ2) is 7.74. The van der Waals surface area contributed by atoms with Crippen molar-refractivity contribution in [3.8, 4) is 0 Å². The number of benzene rings is 1. The van der Waals surface area contributed by atoms with Gasteiger partial charge in [0.2, 0.25) is 5.91 Å². The predicted octanol–water partition coefficient (Wildman–Crippen LogP) is 2.67. The Labute approximate surface area is 150 Å². The number of amides is 1. The van der Waals surface area contributed by atoms with Gasteiger partial charge in [0, 0.05) is 31.0 Å². The van der Waals surface area contributed by atoms with E-state index in [0.717, 1.165) is 0 Å². The molecule has 0 saturated carbocycles. The molecule has 0 bridgehead atoms. The fourth-order valence-electron chi connectivity index (χ4n) is 3.35. The Balaban J connectivity index is 0.00000225. The summed E-state index contributed by atoms with van der Waals surface area (Å²) >= 11 is 0. The van der Waals surface area contributed by atoms with Crippen LogP contribution in [0, 0.1) is 11.7 Å². The molecular formula is C17H20ClF3N2O2. The van der Waals surface area contributed by atoms with Gasteiger partial charge in [-0.2, -0.15) is 0 Å². The van der Waals surface area contributed by atoms with Gasteiger partial charge in [-0.25, -0.2) is 13.2 Å². The summed E-state index contributed by atoms with van der Waals surface area (Å²) in [4.78, 5) is 26.4. The lowest BCUT2D eigenvalue weighted by Gasteiger charge is -2.33. The summed E-state index contributed by atoms with van der Waals surface area (Å²) in [6.45, 7) is 0.198. The summed E-state index contributed by atoms with van der Waals surface area (Å²) in [5, 5.41) is 2.56. The molecule has 4 nitrogen and oxygen atoms in total. The Kier molecular flexibility index (Phi) is 6.11. The van der Waals surface area contributed by atoms with Gasteiger partial charge in [0.15, 0.2) is 5.78 Å². The number of Topliss-reactive ketones (excluding diaryl/α,β-unsaturated/α-hetero) is 1. The third-order valence-electron chi connectivity index (χ3n) is 4.64. The van der Waals surface area contributed by atoms with E-state index in [1.54, 1.807) is 0 Å². The average Bonchev–Trinajstić information content (AvgIpc) is 2.94. The van der Waals surface area contributed by atoms with Crippen LogP contribution in [0.4, 0.5) is 13.2 Å². The van der Waals surface area contributed by atoms with Gasteiger partial charge in [-0.1, -0.05) is 0 Å². The third kappa shape index (κ3) is 4.52. The highest BCUT2D eigenvalue weighted by atomic mass is 35.5. The molecule has 0 radical (unpaired) electrons. The normalized spacial score (nSPS) is 25.3. The van der Waals surface area contributed by atoms with Crippen molar-refractivity contribution >= 4 is 24.1 Å². The molecule has 2 aliphatic heterocycles. The monoisotopic (exact) mass is 376 g/mol. The van der Waals surface area contributed by atoms with Crippen LogP contribution in [0.1, 0.15) is 29.6 Å². The quantitative estimate of drug-likeness (QED) is 0.825. The minimum Gasteiger partial charge on any atom is -0.341 e. The highest BCUT2D eigenvalue weighted by Gasteiger charge is 2.44. The van der Waals surface area contributed by atoms with Gasteiger partial charge in [-0.15, -0.1) is 12.4 Å². The Bertz CT molecular complexity index is 639. The van der Waals surface area contributed by atoms with Crippen molar-refractivity contribution in [1.29, 1.82) is 0 Å². The van der Waals surface area contributed by atoms with E-state index in [4.69, 9.17) is 0 Å². The molecule has 2 atom stereocenters. The molecule has 1 amide bonds. The first kappa shape index (κ1) is 19.7. The van der Waals surface area contributed by atoms with Gasteiger partial charge in [0.1, 0.15) is 5.82 Å². The SMILES string of the molecule is Cl.O=C(c1ccc(F)cc1)C1CCCN(C(=O)C2CC(F)(F)CN2)C1. The number of hydrogen-bond acceptors (Lipinski definition) is 3. The predicted molar refractivity (Wildman–Crippen MR) is 88.6 cm³/mol. The summed E-state index contributed by atoms with van der Waals surface area (Å²) in [5.41, 5.74) is 0.404. The summed E-state index contributed by atoms with van der Waals surface area (Å²) < 4.78 is 39.5. The average molecular weight is 377 g/mol. The Morgan fingerprint density at radius 2 is 1.88 bits per heavy atom. The summed E-state index contributed by atoms with van der Waals surface area (Å²) in [7, 11) is 0. The second-order valence-corrected chi connectivity index (χ2v) is 6.49. The van der Waals surface area contributed by atoms with Gasteiger partial charge in [0.25, 0.3) is 5.92 Å². The lowest BCUT2D eigenvalue weighted by Crippen LogP contribution is -2.49. The van der Waals surface area contributed by atoms with Gasteiger partial charge < -0.3 is 4.90 Å². The number of rotatable bonds is 3. The first-order valence-electron chi connectivity index (χ1n) is 8.05. The fourth-order valence-corrected chi connectivity index (χ4v) is 3.35. The zero-order valence-electron chi connectivity index (χ0n) is 13.5. The molecule has 1 aromatic rings. The van der Waals surface area contributed by atoms with Crippen molar-refractivity contribution in [1.82, 2.24) is 10.2 Å². The van der Waals surface area contributed by atoms with Crippen LogP contribution >= 0.6 is 12.4 Å². The van der Waals surface area contributed by atoms with E-state index in [-0.39, 0.29) is 36.6 Å². The molecular weight excluding hydrogens is 357 g/mol. The maximum atomic E-state index is 13.3. The molecule has 2 aliphatic rings. The second-order valence-electron chi connectivity index (χ2n) is 6.49. The number of carbonyl (C=O) groups excluding carboxylic acids is 2. The van der Waals surface area contributed by atoms with Gasteiger partial charge >= 0.3 is 0 Å². The molecule has 8 heteroatoms. The number of nitrogens with zero attached hydrogens (tertiary/aromatic N) is 1. The summed E-state index contributed by atoms with van der Waals surface area (Å²) in [5.74, 6) is -4.17. The van der Waals surface area contributed by atoms with Crippen molar-refractivity contribution in [2.45, 2.75) is 31.2 Å². The highest BCUT2D eigenvalue weighted by Crippen LogP contribution is 2.28. The van der Waals surface area contributed by atoms with Crippen LogP contribution in [0.2, 0.25) is 0 Å². The van der Waals surface area contributed by atoms with Crippen molar-refractivity contribution in [2.24, 2.45) is 5.92 Å². The van der Waals surface area contributed by atoms with Crippen LogP contribution in [0.15, 0.2) is 24.3 Å². The van der Waals surface area contributed by atoms with Crippen LogP contribution in [0.25, 0.3) is 0 Å². The summed E-state index contributed by atoms with van der Waals surface area (Å²) in [6, 6.07) is 4.42.